The number of rotatable bonds is 8. The van der Waals surface area contributed by atoms with E-state index in [1.807, 2.05) is 4.72 Å². The van der Waals surface area contributed by atoms with E-state index in [1.54, 1.807) is 0 Å². The molecule has 2 N–H and O–H groups in total. The molecule has 0 fully saturated rings. The van der Waals surface area contributed by atoms with Crippen LogP contribution in [0.1, 0.15) is 11.1 Å². The van der Waals surface area contributed by atoms with Crippen molar-refractivity contribution in [2.45, 2.75) is 24.1 Å². The number of benzene rings is 1. The lowest BCUT2D eigenvalue weighted by Gasteiger charge is -2.14. The molecule has 4 rings (SSSR count). The molecule has 0 aliphatic heterocycles. The monoisotopic (exact) mass is 546 g/mol. The molecule has 196 valence electrons. The number of nitrogens with one attached hydrogen (secondary N) is 2. The Balaban J connectivity index is 1.59. The van der Waals surface area contributed by atoms with Gasteiger partial charge in [-0.05, 0) is 23.8 Å². The van der Waals surface area contributed by atoms with E-state index in [9.17, 15) is 30.4 Å². The van der Waals surface area contributed by atoms with Crippen LogP contribution >= 0.6 is 0 Å². The molecule has 4 aromatic rings. The van der Waals surface area contributed by atoms with E-state index < -0.39 is 68.7 Å². The summed E-state index contributed by atoms with van der Waals surface area (Å²) in [6.45, 7) is -0.760. The SMILES string of the molecule is COc1ncc(F)cc1S(=O)(=O)Nc1ccc(F)c(COc2cnc3[nH]cc(CC(F)(F)F)c3c2)c1F. The average Bonchev–Trinajstić information content (AvgIpc) is 3.21. The number of ether oxygens (including phenoxy) is 2. The molecule has 37 heavy (non-hydrogen) atoms. The topological polar surface area (TPSA) is 106 Å². The third kappa shape index (κ3) is 5.71. The van der Waals surface area contributed by atoms with Crippen molar-refractivity contribution in [1.29, 1.82) is 0 Å². The molecular formula is C22H16F6N4O4S. The number of halogens is 6. The zero-order valence-electron chi connectivity index (χ0n) is 18.7. The number of H-pyrrole nitrogens is 1. The molecule has 0 amide bonds. The Hall–Kier alpha value is -4.01. The lowest BCUT2D eigenvalue weighted by molar-refractivity contribution is -0.127. The number of alkyl halides is 3. The van der Waals surface area contributed by atoms with Crippen LogP contribution in [0.15, 0.2) is 47.8 Å². The van der Waals surface area contributed by atoms with E-state index in [1.165, 1.54) is 6.07 Å². The van der Waals surface area contributed by atoms with Crippen LogP contribution in [0.5, 0.6) is 11.6 Å². The van der Waals surface area contributed by atoms with Gasteiger partial charge in [0.2, 0.25) is 5.88 Å². The number of nitrogens with zero attached hydrogens (tertiary/aromatic N) is 2. The molecule has 0 aliphatic carbocycles. The van der Waals surface area contributed by atoms with E-state index in [0.717, 1.165) is 37.8 Å². The van der Waals surface area contributed by atoms with Crippen LogP contribution in [-0.2, 0) is 23.1 Å². The Morgan fingerprint density at radius 2 is 1.84 bits per heavy atom. The highest BCUT2D eigenvalue weighted by Crippen LogP contribution is 2.30. The van der Waals surface area contributed by atoms with Crippen molar-refractivity contribution < 1.29 is 44.2 Å². The van der Waals surface area contributed by atoms with Crippen LogP contribution in [0, 0.1) is 17.5 Å². The predicted octanol–water partition coefficient (Wildman–Crippen LogP) is 4.87. The lowest BCUT2D eigenvalue weighted by atomic mass is 10.1. The zero-order valence-corrected chi connectivity index (χ0v) is 19.5. The largest absolute Gasteiger partial charge is 0.487 e. The summed E-state index contributed by atoms with van der Waals surface area (Å²) in [6, 6.07) is 3.42. The van der Waals surface area contributed by atoms with E-state index in [4.69, 9.17) is 9.47 Å². The van der Waals surface area contributed by atoms with Gasteiger partial charge in [0.25, 0.3) is 10.0 Å². The smallest absolute Gasteiger partial charge is 0.393 e. The van der Waals surface area contributed by atoms with E-state index in [2.05, 4.69) is 15.0 Å². The average molecular weight is 546 g/mol. The van der Waals surface area contributed by atoms with Gasteiger partial charge in [0.15, 0.2) is 10.7 Å². The van der Waals surface area contributed by atoms with Gasteiger partial charge in [-0.15, -0.1) is 0 Å². The summed E-state index contributed by atoms with van der Waals surface area (Å²) in [7, 11) is -3.53. The minimum Gasteiger partial charge on any atom is -0.487 e. The van der Waals surface area contributed by atoms with Crippen LogP contribution in [0.25, 0.3) is 11.0 Å². The van der Waals surface area contributed by atoms with Crippen LogP contribution in [0.4, 0.5) is 32.0 Å². The quantitative estimate of drug-likeness (QED) is 0.306. The minimum atomic E-state index is -4.62. The third-order valence-electron chi connectivity index (χ3n) is 5.06. The number of pyridine rings is 2. The first-order valence-corrected chi connectivity index (χ1v) is 11.7. The first-order valence-electron chi connectivity index (χ1n) is 10.2. The molecule has 3 heterocycles. The second-order valence-corrected chi connectivity index (χ2v) is 9.27. The van der Waals surface area contributed by atoms with Gasteiger partial charge in [-0.3, -0.25) is 4.72 Å². The fraction of sp³-hybridized carbons (Fsp3) is 0.182. The van der Waals surface area contributed by atoms with Crippen LogP contribution in [0.2, 0.25) is 0 Å². The normalized spacial score (nSPS) is 12.1. The van der Waals surface area contributed by atoms with Gasteiger partial charge in [-0.25, -0.2) is 31.6 Å². The van der Waals surface area contributed by atoms with Gasteiger partial charge in [0, 0.05) is 17.6 Å². The number of anilines is 1. The predicted molar refractivity (Wildman–Crippen MR) is 118 cm³/mol. The summed E-state index contributed by atoms with van der Waals surface area (Å²) in [5.41, 5.74) is -1.31. The van der Waals surface area contributed by atoms with Crippen molar-refractivity contribution in [2.75, 3.05) is 11.8 Å². The van der Waals surface area contributed by atoms with E-state index in [-0.39, 0.29) is 22.3 Å². The van der Waals surface area contributed by atoms with Crippen molar-refractivity contribution in [3.63, 3.8) is 0 Å². The zero-order chi connectivity index (χ0) is 27.0. The highest BCUT2D eigenvalue weighted by atomic mass is 32.2. The first-order chi connectivity index (χ1) is 17.4. The van der Waals surface area contributed by atoms with Gasteiger partial charge in [0.1, 0.15) is 29.6 Å². The molecule has 0 spiro atoms. The molecule has 0 saturated heterocycles. The Morgan fingerprint density at radius 1 is 1.08 bits per heavy atom. The van der Waals surface area contributed by atoms with Crippen molar-refractivity contribution in [2.24, 2.45) is 0 Å². The first kappa shape index (κ1) is 26.1. The molecule has 3 aromatic heterocycles. The number of fused-ring (bicyclic) bond motifs is 1. The van der Waals surface area contributed by atoms with Gasteiger partial charge in [-0.2, -0.15) is 13.2 Å². The standard InChI is InChI=1S/C22H16F6N4O4S/c1-35-21-18(4-12(23)8-31-21)37(33,34)32-17-3-2-16(24)15(19(17)25)10-36-13-5-14-11(6-22(26,27)28)7-29-20(14)30-9-13/h2-5,7-9,32H,6,10H2,1H3,(H,29,30). The molecule has 0 unspecified atom stereocenters. The highest BCUT2D eigenvalue weighted by Gasteiger charge is 2.29. The molecule has 0 saturated carbocycles. The molecular weight excluding hydrogens is 530 g/mol. The summed E-state index contributed by atoms with van der Waals surface area (Å²) in [5, 5.41) is 0.106. The van der Waals surface area contributed by atoms with Gasteiger partial charge >= 0.3 is 6.18 Å². The molecule has 15 heteroatoms. The number of hydrogen-bond acceptors (Lipinski definition) is 6. The minimum absolute atomic E-state index is 0.0871. The maximum Gasteiger partial charge on any atom is 0.393 e. The second kappa shape index (κ2) is 9.80. The molecule has 1 aromatic carbocycles. The van der Waals surface area contributed by atoms with Crippen molar-refractivity contribution >= 4 is 26.7 Å². The summed E-state index contributed by atoms with van der Waals surface area (Å²) in [5.74, 6) is -3.96. The summed E-state index contributed by atoms with van der Waals surface area (Å²) >= 11 is 0. The molecule has 0 atom stereocenters. The maximum atomic E-state index is 15.1. The third-order valence-corrected chi connectivity index (χ3v) is 6.42. The Kier molecular flexibility index (Phi) is 6.90. The molecule has 8 nitrogen and oxygen atoms in total. The van der Waals surface area contributed by atoms with Crippen molar-refractivity contribution in [3.05, 3.63) is 71.4 Å². The fourth-order valence-electron chi connectivity index (χ4n) is 3.40. The van der Waals surface area contributed by atoms with Gasteiger partial charge in [0.05, 0.1) is 37.2 Å². The maximum absolute atomic E-state index is 15.1. The van der Waals surface area contributed by atoms with Crippen LogP contribution in [-0.4, -0.2) is 36.7 Å². The van der Waals surface area contributed by atoms with Gasteiger partial charge < -0.3 is 14.5 Å². The number of methoxy groups -OCH3 is 1. The van der Waals surface area contributed by atoms with E-state index >= 15 is 4.39 Å². The summed E-state index contributed by atoms with van der Waals surface area (Å²) in [6.07, 6.45) is -2.70. The summed E-state index contributed by atoms with van der Waals surface area (Å²) < 4.78 is 119. The second-order valence-electron chi connectivity index (χ2n) is 7.62. The van der Waals surface area contributed by atoms with E-state index in [0.29, 0.717) is 6.07 Å². The number of hydrogen-bond donors (Lipinski definition) is 2. The van der Waals surface area contributed by atoms with Crippen LogP contribution in [0.3, 0.4) is 0 Å². The molecule has 0 bridgehead atoms. The Labute approximate surface area is 205 Å². The lowest BCUT2D eigenvalue weighted by Crippen LogP contribution is -2.17. The number of sulfonamides is 1. The van der Waals surface area contributed by atoms with Crippen LogP contribution < -0.4 is 14.2 Å². The molecule has 0 aliphatic rings. The van der Waals surface area contributed by atoms with Crippen molar-refractivity contribution in [3.8, 4) is 11.6 Å². The number of aromatic nitrogens is 3. The Morgan fingerprint density at radius 3 is 2.54 bits per heavy atom. The highest BCUT2D eigenvalue weighted by molar-refractivity contribution is 7.92. The summed E-state index contributed by atoms with van der Waals surface area (Å²) in [4.78, 5) is 9.31. The fourth-order valence-corrected chi connectivity index (χ4v) is 4.59. The van der Waals surface area contributed by atoms with Gasteiger partial charge in [-0.1, -0.05) is 0 Å². The van der Waals surface area contributed by atoms with Crippen molar-refractivity contribution in [1.82, 2.24) is 15.0 Å². The Bertz CT molecular complexity index is 1570. The number of aromatic amines is 1. The molecule has 0 radical (unpaired) electrons.